The van der Waals surface area contributed by atoms with E-state index < -0.39 is 0 Å². The van der Waals surface area contributed by atoms with Gasteiger partial charge in [0.05, 0.1) is 6.04 Å². The molecule has 0 spiro atoms. The normalized spacial score (nSPS) is 17.4. The predicted octanol–water partition coefficient (Wildman–Crippen LogP) is 4.25. The second kappa shape index (κ2) is 6.92. The molecule has 1 aromatic carbocycles. The highest BCUT2D eigenvalue weighted by Crippen LogP contribution is 2.25. The lowest BCUT2D eigenvalue weighted by atomic mass is 9.99. The summed E-state index contributed by atoms with van der Waals surface area (Å²) in [4.78, 5) is 12.1. The summed E-state index contributed by atoms with van der Waals surface area (Å²) < 4.78 is 0. The van der Waals surface area contributed by atoms with Crippen LogP contribution >= 0.6 is 0 Å². The van der Waals surface area contributed by atoms with Gasteiger partial charge < -0.3 is 5.32 Å². The molecule has 2 rings (SSSR count). The Morgan fingerprint density at radius 3 is 2.30 bits per heavy atom. The fourth-order valence-corrected chi connectivity index (χ4v) is 3.02. The van der Waals surface area contributed by atoms with Gasteiger partial charge in [0.2, 0.25) is 5.91 Å². The standard InChI is InChI=1S/C18H27NO/c1-13(2)12-15-8-10-16(11-9-15)14(3)19-18(20)17-6-4-5-7-17/h8-11,13-14,17H,4-7,12H2,1-3H3,(H,19,20). The van der Waals surface area contributed by atoms with Crippen LogP contribution in [0.25, 0.3) is 0 Å². The number of carbonyl (C=O) groups excluding carboxylic acids is 1. The molecule has 110 valence electrons. The third-order valence-electron chi connectivity index (χ3n) is 4.21. The van der Waals surface area contributed by atoms with Crippen molar-refractivity contribution in [1.82, 2.24) is 5.32 Å². The summed E-state index contributed by atoms with van der Waals surface area (Å²) in [5.74, 6) is 1.17. The van der Waals surface area contributed by atoms with E-state index in [-0.39, 0.29) is 17.9 Å². The van der Waals surface area contributed by atoms with Gasteiger partial charge in [0.25, 0.3) is 0 Å². The van der Waals surface area contributed by atoms with Crippen LogP contribution in [0, 0.1) is 11.8 Å². The van der Waals surface area contributed by atoms with Crippen molar-refractivity contribution in [2.24, 2.45) is 11.8 Å². The Bertz CT molecular complexity index is 429. The Balaban J connectivity index is 1.91. The molecule has 1 fully saturated rings. The first kappa shape index (κ1) is 15.1. The second-order valence-corrected chi connectivity index (χ2v) is 6.55. The number of rotatable bonds is 5. The van der Waals surface area contributed by atoms with Crippen LogP contribution in [-0.2, 0) is 11.2 Å². The maximum atomic E-state index is 12.1. The SMILES string of the molecule is CC(C)Cc1ccc(C(C)NC(=O)C2CCCC2)cc1. The summed E-state index contributed by atoms with van der Waals surface area (Å²) in [5, 5.41) is 3.16. The van der Waals surface area contributed by atoms with Gasteiger partial charge in [-0.3, -0.25) is 4.79 Å². The van der Waals surface area contributed by atoms with Gasteiger partial charge >= 0.3 is 0 Å². The van der Waals surface area contributed by atoms with Crippen LogP contribution in [0.4, 0.5) is 0 Å². The first-order valence-corrected chi connectivity index (χ1v) is 7.95. The van der Waals surface area contributed by atoms with Crippen LogP contribution in [0.1, 0.15) is 63.6 Å². The fourth-order valence-electron chi connectivity index (χ4n) is 3.02. The first-order chi connectivity index (χ1) is 9.56. The van der Waals surface area contributed by atoms with E-state index in [9.17, 15) is 4.79 Å². The van der Waals surface area contributed by atoms with Crippen LogP contribution in [0.5, 0.6) is 0 Å². The smallest absolute Gasteiger partial charge is 0.223 e. The maximum Gasteiger partial charge on any atom is 0.223 e. The van der Waals surface area contributed by atoms with Crippen molar-refractivity contribution in [2.75, 3.05) is 0 Å². The summed E-state index contributed by atoms with van der Waals surface area (Å²) in [6, 6.07) is 8.78. The predicted molar refractivity (Wildman–Crippen MR) is 83.5 cm³/mol. The Kier molecular flexibility index (Phi) is 5.22. The first-order valence-electron chi connectivity index (χ1n) is 7.95. The van der Waals surface area contributed by atoms with Gasteiger partial charge in [-0.1, -0.05) is 51.0 Å². The highest BCUT2D eigenvalue weighted by Gasteiger charge is 2.23. The molecule has 0 saturated heterocycles. The lowest BCUT2D eigenvalue weighted by molar-refractivity contribution is -0.125. The Labute approximate surface area is 123 Å². The molecule has 1 aromatic rings. The molecule has 1 unspecified atom stereocenters. The molecule has 1 aliphatic rings. The van der Waals surface area contributed by atoms with Crippen molar-refractivity contribution in [3.63, 3.8) is 0 Å². The molecule has 2 nitrogen and oxygen atoms in total. The summed E-state index contributed by atoms with van der Waals surface area (Å²) in [6.45, 7) is 6.54. The average Bonchev–Trinajstić information content (AvgIpc) is 2.92. The molecule has 0 heterocycles. The quantitative estimate of drug-likeness (QED) is 0.853. The molecule has 0 aliphatic heterocycles. The lowest BCUT2D eigenvalue weighted by Gasteiger charge is -2.18. The van der Waals surface area contributed by atoms with Gasteiger partial charge in [0.1, 0.15) is 0 Å². The number of carbonyl (C=O) groups is 1. The van der Waals surface area contributed by atoms with Crippen LogP contribution in [0.15, 0.2) is 24.3 Å². The van der Waals surface area contributed by atoms with E-state index in [0.29, 0.717) is 5.92 Å². The van der Waals surface area contributed by atoms with Crippen LogP contribution in [-0.4, -0.2) is 5.91 Å². The highest BCUT2D eigenvalue weighted by molar-refractivity contribution is 5.79. The number of benzene rings is 1. The molecule has 1 atom stereocenters. The van der Waals surface area contributed by atoms with Gasteiger partial charge in [-0.05, 0) is 43.2 Å². The molecule has 1 N–H and O–H groups in total. The van der Waals surface area contributed by atoms with E-state index in [2.05, 4.69) is 50.4 Å². The lowest BCUT2D eigenvalue weighted by Crippen LogP contribution is -2.31. The van der Waals surface area contributed by atoms with E-state index in [0.717, 1.165) is 19.3 Å². The molecule has 0 radical (unpaired) electrons. The number of hydrogen-bond donors (Lipinski definition) is 1. The molecule has 0 aromatic heterocycles. The monoisotopic (exact) mass is 273 g/mol. The van der Waals surface area contributed by atoms with Crippen LogP contribution in [0.3, 0.4) is 0 Å². The molecular weight excluding hydrogens is 246 g/mol. The van der Waals surface area contributed by atoms with Gasteiger partial charge in [-0.2, -0.15) is 0 Å². The van der Waals surface area contributed by atoms with Gasteiger partial charge in [0, 0.05) is 5.92 Å². The van der Waals surface area contributed by atoms with Crippen molar-refractivity contribution >= 4 is 5.91 Å². The third-order valence-corrected chi connectivity index (χ3v) is 4.21. The zero-order valence-electron chi connectivity index (χ0n) is 13.0. The number of hydrogen-bond acceptors (Lipinski definition) is 1. The molecule has 1 amide bonds. The summed E-state index contributed by atoms with van der Waals surface area (Å²) in [7, 11) is 0. The average molecular weight is 273 g/mol. The zero-order chi connectivity index (χ0) is 14.5. The highest BCUT2D eigenvalue weighted by atomic mass is 16.1. The van der Waals surface area contributed by atoms with Gasteiger partial charge in [-0.15, -0.1) is 0 Å². The van der Waals surface area contributed by atoms with Crippen LogP contribution in [0.2, 0.25) is 0 Å². The molecule has 1 saturated carbocycles. The van der Waals surface area contributed by atoms with Gasteiger partial charge in [0.15, 0.2) is 0 Å². The Morgan fingerprint density at radius 2 is 1.75 bits per heavy atom. The van der Waals surface area contributed by atoms with E-state index in [1.165, 1.54) is 24.0 Å². The van der Waals surface area contributed by atoms with Crippen molar-refractivity contribution in [3.8, 4) is 0 Å². The van der Waals surface area contributed by atoms with Gasteiger partial charge in [-0.25, -0.2) is 0 Å². The molecular formula is C18H27NO. The summed E-state index contributed by atoms with van der Waals surface area (Å²) in [5.41, 5.74) is 2.57. The minimum atomic E-state index is 0.108. The maximum absolute atomic E-state index is 12.1. The van der Waals surface area contributed by atoms with E-state index in [1.54, 1.807) is 0 Å². The van der Waals surface area contributed by atoms with Crippen molar-refractivity contribution in [3.05, 3.63) is 35.4 Å². The van der Waals surface area contributed by atoms with E-state index in [4.69, 9.17) is 0 Å². The molecule has 2 heteroatoms. The van der Waals surface area contributed by atoms with Crippen molar-refractivity contribution in [1.29, 1.82) is 0 Å². The summed E-state index contributed by atoms with van der Waals surface area (Å²) >= 11 is 0. The topological polar surface area (TPSA) is 29.1 Å². The third kappa shape index (κ3) is 4.09. The van der Waals surface area contributed by atoms with Crippen molar-refractivity contribution < 1.29 is 4.79 Å². The van der Waals surface area contributed by atoms with E-state index in [1.807, 2.05) is 0 Å². The Morgan fingerprint density at radius 1 is 1.15 bits per heavy atom. The minimum absolute atomic E-state index is 0.108. The fraction of sp³-hybridized carbons (Fsp3) is 0.611. The zero-order valence-corrected chi connectivity index (χ0v) is 13.0. The van der Waals surface area contributed by atoms with Crippen LogP contribution < -0.4 is 5.32 Å². The molecule has 1 aliphatic carbocycles. The van der Waals surface area contributed by atoms with E-state index >= 15 is 0 Å². The van der Waals surface area contributed by atoms with Crippen molar-refractivity contribution in [2.45, 2.75) is 58.9 Å². The summed E-state index contributed by atoms with van der Waals surface area (Å²) in [6.07, 6.45) is 5.65. The second-order valence-electron chi connectivity index (χ2n) is 6.55. The number of nitrogens with one attached hydrogen (secondary N) is 1. The minimum Gasteiger partial charge on any atom is -0.349 e. The molecule has 0 bridgehead atoms. The molecule has 20 heavy (non-hydrogen) atoms. The number of amides is 1. The Hall–Kier alpha value is -1.31. The largest absolute Gasteiger partial charge is 0.349 e.